The van der Waals surface area contributed by atoms with Crippen LogP contribution in [0.5, 0.6) is 5.75 Å². The highest BCUT2D eigenvalue weighted by Crippen LogP contribution is 2.31. The molecule has 2 rings (SSSR count). The second-order valence-corrected chi connectivity index (χ2v) is 4.23. The van der Waals surface area contributed by atoms with E-state index < -0.39 is 17.9 Å². The number of hydrogen-bond acceptors (Lipinski definition) is 4. The standard InChI is InChI=1S/C13H16N2O4/c1-2-9(13(17)18)15-12(16)8-4-3-5-10-11(8)19-7-6-14-10/h3-5,9,14H,2,6-7H2,1H3,(H,15,16)(H,17,18). The van der Waals surface area contributed by atoms with Crippen LogP contribution in [0.1, 0.15) is 23.7 Å². The zero-order valence-electron chi connectivity index (χ0n) is 10.6. The smallest absolute Gasteiger partial charge is 0.326 e. The van der Waals surface area contributed by atoms with E-state index in [9.17, 15) is 9.59 Å². The largest absolute Gasteiger partial charge is 0.489 e. The number of carboxylic acids is 1. The molecule has 1 heterocycles. The monoisotopic (exact) mass is 264 g/mol. The molecule has 0 fully saturated rings. The van der Waals surface area contributed by atoms with Crippen LogP contribution in [0.4, 0.5) is 5.69 Å². The summed E-state index contributed by atoms with van der Waals surface area (Å²) in [5.74, 6) is -0.999. The van der Waals surface area contributed by atoms with E-state index in [4.69, 9.17) is 9.84 Å². The van der Waals surface area contributed by atoms with Gasteiger partial charge in [-0.15, -0.1) is 0 Å². The van der Waals surface area contributed by atoms with Crippen molar-refractivity contribution in [1.82, 2.24) is 5.32 Å². The zero-order chi connectivity index (χ0) is 13.8. The van der Waals surface area contributed by atoms with Crippen LogP contribution in [0.2, 0.25) is 0 Å². The molecule has 0 aliphatic carbocycles. The minimum atomic E-state index is -1.04. The number of carbonyl (C=O) groups is 2. The van der Waals surface area contributed by atoms with Crippen LogP contribution in [0.15, 0.2) is 18.2 Å². The third-order valence-corrected chi connectivity index (χ3v) is 2.94. The van der Waals surface area contributed by atoms with Gasteiger partial charge < -0.3 is 20.5 Å². The van der Waals surface area contributed by atoms with E-state index in [2.05, 4.69) is 10.6 Å². The molecule has 19 heavy (non-hydrogen) atoms. The van der Waals surface area contributed by atoms with Crippen LogP contribution in [0.3, 0.4) is 0 Å². The first-order valence-corrected chi connectivity index (χ1v) is 6.16. The number of hydrogen-bond donors (Lipinski definition) is 3. The van der Waals surface area contributed by atoms with Crippen molar-refractivity contribution >= 4 is 17.6 Å². The molecule has 6 heteroatoms. The molecular formula is C13H16N2O4. The molecule has 0 radical (unpaired) electrons. The average Bonchev–Trinajstić information content (AvgIpc) is 2.43. The van der Waals surface area contributed by atoms with Crippen molar-refractivity contribution < 1.29 is 19.4 Å². The van der Waals surface area contributed by atoms with E-state index in [0.717, 1.165) is 5.69 Å². The Balaban J connectivity index is 2.22. The lowest BCUT2D eigenvalue weighted by Crippen LogP contribution is -2.40. The maximum atomic E-state index is 12.1. The minimum Gasteiger partial charge on any atom is -0.489 e. The summed E-state index contributed by atoms with van der Waals surface area (Å²) in [5, 5.41) is 14.6. The molecular weight excluding hydrogens is 248 g/mol. The number of fused-ring (bicyclic) bond motifs is 1. The molecule has 0 aromatic heterocycles. The lowest BCUT2D eigenvalue weighted by Gasteiger charge is -2.22. The van der Waals surface area contributed by atoms with Crippen LogP contribution < -0.4 is 15.4 Å². The molecule has 0 saturated heterocycles. The van der Waals surface area contributed by atoms with Crippen molar-refractivity contribution in [2.24, 2.45) is 0 Å². The van der Waals surface area contributed by atoms with Crippen LogP contribution >= 0.6 is 0 Å². The highest BCUT2D eigenvalue weighted by Gasteiger charge is 2.23. The van der Waals surface area contributed by atoms with E-state index in [1.165, 1.54) is 0 Å². The average molecular weight is 264 g/mol. The highest BCUT2D eigenvalue weighted by molar-refractivity contribution is 6.00. The first kappa shape index (κ1) is 13.2. The third-order valence-electron chi connectivity index (χ3n) is 2.94. The van der Waals surface area contributed by atoms with Gasteiger partial charge in [-0.2, -0.15) is 0 Å². The molecule has 3 N–H and O–H groups in total. The molecule has 102 valence electrons. The summed E-state index contributed by atoms with van der Waals surface area (Å²) in [4.78, 5) is 23.0. The number of rotatable bonds is 4. The van der Waals surface area contributed by atoms with Gasteiger partial charge in [-0.25, -0.2) is 4.79 Å². The fourth-order valence-corrected chi connectivity index (χ4v) is 1.92. The Kier molecular flexibility index (Phi) is 3.89. The van der Waals surface area contributed by atoms with Crippen LogP contribution in [-0.4, -0.2) is 36.2 Å². The van der Waals surface area contributed by atoms with Crippen molar-refractivity contribution in [3.05, 3.63) is 23.8 Å². The summed E-state index contributed by atoms with van der Waals surface area (Å²) in [6.07, 6.45) is 0.329. The number of amides is 1. The lowest BCUT2D eigenvalue weighted by atomic mass is 10.1. The number of ether oxygens (including phenoxy) is 1. The molecule has 0 saturated carbocycles. The van der Waals surface area contributed by atoms with Crippen molar-refractivity contribution in [3.63, 3.8) is 0 Å². The number of nitrogens with one attached hydrogen (secondary N) is 2. The van der Waals surface area contributed by atoms with Gasteiger partial charge in [0, 0.05) is 6.54 Å². The van der Waals surface area contributed by atoms with Crippen molar-refractivity contribution in [3.8, 4) is 5.75 Å². The first-order chi connectivity index (χ1) is 9.13. The Hall–Kier alpha value is -2.24. The molecule has 1 aromatic rings. The number of benzene rings is 1. The van der Waals surface area contributed by atoms with Gasteiger partial charge >= 0.3 is 5.97 Å². The summed E-state index contributed by atoms with van der Waals surface area (Å²) in [6.45, 7) is 2.87. The second-order valence-electron chi connectivity index (χ2n) is 4.23. The predicted octanol–water partition coefficient (Wildman–Crippen LogP) is 1.08. The summed E-state index contributed by atoms with van der Waals surface area (Å²) < 4.78 is 5.48. The summed E-state index contributed by atoms with van der Waals surface area (Å²) in [5.41, 5.74) is 1.10. The third kappa shape index (κ3) is 2.78. The number of para-hydroxylation sites is 1. The SMILES string of the molecule is CCC(NC(=O)c1cccc2c1OCCN2)C(=O)O. The first-order valence-electron chi connectivity index (χ1n) is 6.16. The van der Waals surface area contributed by atoms with Crippen LogP contribution in [0, 0.1) is 0 Å². The molecule has 1 aromatic carbocycles. The van der Waals surface area contributed by atoms with Gasteiger partial charge in [0.1, 0.15) is 12.6 Å². The maximum Gasteiger partial charge on any atom is 0.326 e. The molecule has 1 amide bonds. The summed E-state index contributed by atoms with van der Waals surface area (Å²) in [6, 6.07) is 4.28. The zero-order valence-corrected chi connectivity index (χ0v) is 10.6. The van der Waals surface area contributed by atoms with E-state index >= 15 is 0 Å². The maximum absolute atomic E-state index is 12.1. The number of aliphatic carboxylic acids is 1. The quantitative estimate of drug-likeness (QED) is 0.757. The van der Waals surface area contributed by atoms with Crippen molar-refractivity contribution in [1.29, 1.82) is 0 Å². The van der Waals surface area contributed by atoms with Gasteiger partial charge in [-0.3, -0.25) is 4.79 Å². The van der Waals surface area contributed by atoms with Gasteiger partial charge in [0.15, 0.2) is 5.75 Å². The number of carbonyl (C=O) groups excluding carboxylic acids is 1. The van der Waals surface area contributed by atoms with E-state index in [0.29, 0.717) is 30.9 Å². The molecule has 6 nitrogen and oxygen atoms in total. The van der Waals surface area contributed by atoms with Gasteiger partial charge in [-0.1, -0.05) is 13.0 Å². The van der Waals surface area contributed by atoms with Gasteiger partial charge in [-0.05, 0) is 18.6 Å². The van der Waals surface area contributed by atoms with E-state index in [1.54, 1.807) is 19.1 Å². The number of carboxylic acid groups (broad SMARTS) is 1. The predicted molar refractivity (Wildman–Crippen MR) is 69.6 cm³/mol. The minimum absolute atomic E-state index is 0.329. The Morgan fingerprint density at radius 2 is 2.32 bits per heavy atom. The summed E-state index contributed by atoms with van der Waals surface area (Å²) in [7, 11) is 0. The van der Waals surface area contributed by atoms with Gasteiger partial charge in [0.2, 0.25) is 0 Å². The Labute approximate surface area is 110 Å². The lowest BCUT2D eigenvalue weighted by molar-refractivity contribution is -0.139. The van der Waals surface area contributed by atoms with E-state index in [-0.39, 0.29) is 0 Å². The fourth-order valence-electron chi connectivity index (χ4n) is 1.92. The molecule has 1 aliphatic heterocycles. The normalized spacial score (nSPS) is 14.6. The highest BCUT2D eigenvalue weighted by atomic mass is 16.5. The molecule has 1 atom stereocenters. The Morgan fingerprint density at radius 3 is 3.00 bits per heavy atom. The molecule has 0 bridgehead atoms. The molecule has 0 spiro atoms. The molecule has 1 unspecified atom stereocenters. The summed E-state index contributed by atoms with van der Waals surface area (Å²) >= 11 is 0. The van der Waals surface area contributed by atoms with Crippen molar-refractivity contribution in [2.45, 2.75) is 19.4 Å². The molecule has 1 aliphatic rings. The topological polar surface area (TPSA) is 87.7 Å². The van der Waals surface area contributed by atoms with Crippen molar-refractivity contribution in [2.75, 3.05) is 18.5 Å². The van der Waals surface area contributed by atoms with Gasteiger partial charge in [0.05, 0.1) is 11.3 Å². The van der Waals surface area contributed by atoms with E-state index in [1.807, 2.05) is 6.07 Å². The van der Waals surface area contributed by atoms with Crippen LogP contribution in [0.25, 0.3) is 0 Å². The van der Waals surface area contributed by atoms with Crippen LogP contribution in [-0.2, 0) is 4.79 Å². The number of anilines is 1. The van der Waals surface area contributed by atoms with Gasteiger partial charge in [0.25, 0.3) is 5.91 Å². The fraction of sp³-hybridized carbons (Fsp3) is 0.385. The Morgan fingerprint density at radius 1 is 1.53 bits per heavy atom. The Bertz CT molecular complexity index is 501. The second kappa shape index (κ2) is 5.60.